The number of hydrogen-bond acceptors (Lipinski definition) is 4. The van der Waals surface area contributed by atoms with Crippen molar-refractivity contribution in [3.05, 3.63) is 63.6 Å². The van der Waals surface area contributed by atoms with Gasteiger partial charge in [0.1, 0.15) is 0 Å². The van der Waals surface area contributed by atoms with Gasteiger partial charge in [-0.3, -0.25) is 4.79 Å². The lowest BCUT2D eigenvalue weighted by Gasteiger charge is -2.30. The number of hydrazone groups is 1. The topological polar surface area (TPSA) is 78.8 Å². The lowest BCUT2D eigenvalue weighted by atomic mass is 9.98. The number of piperidine rings is 1. The van der Waals surface area contributed by atoms with Crippen LogP contribution in [0.25, 0.3) is 0 Å². The minimum absolute atomic E-state index is 0.199. The zero-order valence-corrected chi connectivity index (χ0v) is 18.0. The van der Waals surface area contributed by atoms with Crippen molar-refractivity contribution in [2.75, 3.05) is 13.1 Å². The molecule has 1 fully saturated rings. The van der Waals surface area contributed by atoms with Crippen molar-refractivity contribution in [3.8, 4) is 0 Å². The molecule has 0 radical (unpaired) electrons. The fourth-order valence-corrected chi connectivity index (χ4v) is 4.98. The third kappa shape index (κ3) is 5.20. The van der Waals surface area contributed by atoms with Crippen LogP contribution in [0.4, 0.5) is 0 Å². The quantitative estimate of drug-likeness (QED) is 0.520. The first-order valence-electron chi connectivity index (χ1n) is 8.70. The van der Waals surface area contributed by atoms with Gasteiger partial charge in [0.15, 0.2) is 0 Å². The summed E-state index contributed by atoms with van der Waals surface area (Å²) >= 11 is 9.20. The van der Waals surface area contributed by atoms with E-state index in [1.54, 1.807) is 18.3 Å². The van der Waals surface area contributed by atoms with Crippen LogP contribution in [-0.4, -0.2) is 37.9 Å². The molecule has 3 rings (SSSR count). The number of carbonyl (C=O) groups is 1. The van der Waals surface area contributed by atoms with Crippen molar-refractivity contribution in [2.24, 2.45) is 11.0 Å². The Labute approximate surface area is 177 Å². The lowest BCUT2D eigenvalue weighted by molar-refractivity contribution is -0.126. The Kier molecular flexibility index (Phi) is 6.87. The molecule has 0 spiro atoms. The first-order valence-corrected chi connectivity index (χ1v) is 11.3. The molecule has 1 saturated heterocycles. The molecular weight excluding hydrogens is 466 g/mol. The Balaban J connectivity index is 1.54. The fraction of sp³-hybridized carbons (Fsp3) is 0.263. The molecule has 148 valence electrons. The molecule has 2 aromatic rings. The summed E-state index contributed by atoms with van der Waals surface area (Å²) in [4.78, 5) is 12.5. The van der Waals surface area contributed by atoms with E-state index in [1.165, 1.54) is 16.4 Å². The normalized spacial score (nSPS) is 16.4. The fourth-order valence-electron chi connectivity index (χ4n) is 2.96. The van der Waals surface area contributed by atoms with Crippen molar-refractivity contribution in [3.63, 3.8) is 0 Å². The van der Waals surface area contributed by atoms with E-state index in [0.717, 1.165) is 10.0 Å². The molecule has 6 nitrogen and oxygen atoms in total. The zero-order valence-electron chi connectivity index (χ0n) is 14.9. The Bertz CT molecular complexity index is 972. The van der Waals surface area contributed by atoms with Gasteiger partial charge in [0, 0.05) is 28.5 Å². The van der Waals surface area contributed by atoms with Crippen molar-refractivity contribution >= 4 is 49.7 Å². The van der Waals surface area contributed by atoms with E-state index in [1.807, 2.05) is 24.3 Å². The van der Waals surface area contributed by atoms with Crippen LogP contribution in [0.2, 0.25) is 5.02 Å². The van der Waals surface area contributed by atoms with E-state index in [-0.39, 0.29) is 16.7 Å². The molecule has 0 bridgehead atoms. The molecule has 1 aliphatic rings. The van der Waals surface area contributed by atoms with Gasteiger partial charge in [-0.05, 0) is 54.8 Å². The van der Waals surface area contributed by atoms with Gasteiger partial charge in [-0.25, -0.2) is 13.8 Å². The first-order chi connectivity index (χ1) is 13.4. The van der Waals surface area contributed by atoms with Gasteiger partial charge in [0.05, 0.1) is 11.1 Å². The second-order valence-electron chi connectivity index (χ2n) is 6.42. The second kappa shape index (κ2) is 9.17. The van der Waals surface area contributed by atoms with Crippen molar-refractivity contribution in [1.82, 2.24) is 9.73 Å². The predicted octanol–water partition coefficient (Wildman–Crippen LogP) is 3.65. The molecule has 9 heteroatoms. The minimum Gasteiger partial charge on any atom is -0.273 e. The number of rotatable bonds is 5. The maximum absolute atomic E-state index is 12.7. The SMILES string of the molecule is O=C(N/N=C\c1cccc(Br)c1)C1CCN(S(=O)(=O)c2ccc(Cl)cc2)CC1. The van der Waals surface area contributed by atoms with E-state index in [2.05, 4.69) is 26.5 Å². The smallest absolute Gasteiger partial charge is 0.243 e. The summed E-state index contributed by atoms with van der Waals surface area (Å²) in [7, 11) is -3.58. The third-order valence-electron chi connectivity index (χ3n) is 4.51. The second-order valence-corrected chi connectivity index (χ2v) is 9.71. The van der Waals surface area contributed by atoms with E-state index >= 15 is 0 Å². The average molecular weight is 485 g/mol. The summed E-state index contributed by atoms with van der Waals surface area (Å²) < 4.78 is 27.7. The van der Waals surface area contributed by atoms with Crippen molar-refractivity contribution in [2.45, 2.75) is 17.7 Å². The van der Waals surface area contributed by atoms with Crippen LogP contribution in [0.1, 0.15) is 18.4 Å². The molecule has 0 saturated carbocycles. The molecule has 1 aliphatic heterocycles. The Morgan fingerprint density at radius 2 is 1.86 bits per heavy atom. The van der Waals surface area contributed by atoms with Gasteiger partial charge in [0.2, 0.25) is 15.9 Å². The maximum Gasteiger partial charge on any atom is 0.243 e. The van der Waals surface area contributed by atoms with E-state index in [0.29, 0.717) is 31.0 Å². The van der Waals surface area contributed by atoms with E-state index in [4.69, 9.17) is 11.6 Å². The van der Waals surface area contributed by atoms with Crippen LogP contribution in [0, 0.1) is 5.92 Å². The van der Waals surface area contributed by atoms with E-state index in [9.17, 15) is 13.2 Å². The molecule has 2 aromatic carbocycles. The highest BCUT2D eigenvalue weighted by Crippen LogP contribution is 2.24. The first kappa shape index (κ1) is 21.0. The van der Waals surface area contributed by atoms with Gasteiger partial charge in [-0.2, -0.15) is 9.41 Å². The van der Waals surface area contributed by atoms with Gasteiger partial charge in [0.25, 0.3) is 0 Å². The summed E-state index contributed by atoms with van der Waals surface area (Å²) in [6, 6.07) is 13.6. The third-order valence-corrected chi connectivity index (χ3v) is 7.17. The van der Waals surface area contributed by atoms with Crippen LogP contribution in [0.3, 0.4) is 0 Å². The molecule has 0 unspecified atom stereocenters. The van der Waals surface area contributed by atoms with Crippen molar-refractivity contribution in [1.29, 1.82) is 0 Å². The molecule has 0 atom stereocenters. The van der Waals surface area contributed by atoms with Gasteiger partial charge in [-0.15, -0.1) is 0 Å². The molecule has 0 aliphatic carbocycles. The highest BCUT2D eigenvalue weighted by Gasteiger charge is 2.32. The Hall–Kier alpha value is -1.74. The molecule has 1 amide bonds. The van der Waals surface area contributed by atoms with Crippen molar-refractivity contribution < 1.29 is 13.2 Å². The summed E-state index contributed by atoms with van der Waals surface area (Å²) in [5.41, 5.74) is 3.40. The highest BCUT2D eigenvalue weighted by atomic mass is 79.9. The Morgan fingerprint density at radius 1 is 1.18 bits per heavy atom. The summed E-state index contributed by atoms with van der Waals surface area (Å²) in [5, 5.41) is 4.48. The minimum atomic E-state index is -3.58. The van der Waals surface area contributed by atoms with Crippen LogP contribution >= 0.6 is 27.5 Å². The number of carbonyl (C=O) groups excluding carboxylic acids is 1. The number of halogens is 2. The average Bonchev–Trinajstić information content (AvgIpc) is 2.68. The summed E-state index contributed by atoms with van der Waals surface area (Å²) in [6.07, 6.45) is 2.47. The number of hydrogen-bond donors (Lipinski definition) is 1. The standard InChI is InChI=1S/C19H19BrClN3O3S/c20-16-3-1-2-14(12-16)13-22-23-19(25)15-8-10-24(11-9-15)28(26,27)18-6-4-17(21)5-7-18/h1-7,12-13,15H,8-11H2,(H,23,25)/b22-13-. The summed E-state index contributed by atoms with van der Waals surface area (Å²) in [6.45, 7) is 0.580. The molecular formula is C19H19BrClN3O3S. The van der Waals surface area contributed by atoms with Crippen LogP contribution in [0.5, 0.6) is 0 Å². The summed E-state index contributed by atoms with van der Waals surface area (Å²) in [5.74, 6) is -0.467. The monoisotopic (exact) mass is 483 g/mol. The number of nitrogens with one attached hydrogen (secondary N) is 1. The van der Waals surface area contributed by atoms with Gasteiger partial charge < -0.3 is 0 Å². The number of benzene rings is 2. The predicted molar refractivity (Wildman–Crippen MR) is 113 cm³/mol. The highest BCUT2D eigenvalue weighted by molar-refractivity contribution is 9.10. The number of nitrogens with zero attached hydrogens (tertiary/aromatic N) is 2. The number of amides is 1. The zero-order chi connectivity index (χ0) is 20.1. The largest absolute Gasteiger partial charge is 0.273 e. The van der Waals surface area contributed by atoms with Gasteiger partial charge in [-0.1, -0.05) is 39.7 Å². The molecule has 28 heavy (non-hydrogen) atoms. The number of sulfonamides is 1. The van der Waals surface area contributed by atoms with Crippen LogP contribution in [-0.2, 0) is 14.8 Å². The van der Waals surface area contributed by atoms with Crippen LogP contribution in [0.15, 0.2) is 63.0 Å². The Morgan fingerprint density at radius 3 is 2.50 bits per heavy atom. The van der Waals surface area contributed by atoms with E-state index < -0.39 is 10.0 Å². The molecule has 1 heterocycles. The maximum atomic E-state index is 12.7. The van der Waals surface area contributed by atoms with Crippen LogP contribution < -0.4 is 5.43 Å². The lowest BCUT2D eigenvalue weighted by Crippen LogP contribution is -2.42. The molecule has 0 aromatic heterocycles. The molecule has 1 N–H and O–H groups in total. The van der Waals surface area contributed by atoms with Gasteiger partial charge >= 0.3 is 0 Å².